The Balaban J connectivity index is 1.94. The van der Waals surface area contributed by atoms with E-state index in [1.165, 1.54) is 0 Å². The molecule has 0 saturated carbocycles. The molecular formula is C17H15N3O2. The van der Waals surface area contributed by atoms with Crippen LogP contribution < -0.4 is 10.1 Å². The summed E-state index contributed by atoms with van der Waals surface area (Å²) in [6.45, 7) is 0. The Bertz CT molecular complexity index is 781. The number of carbonyl (C=O) groups is 1. The lowest BCUT2D eigenvalue weighted by Crippen LogP contribution is -2.17. The van der Waals surface area contributed by atoms with Crippen molar-refractivity contribution in [3.63, 3.8) is 0 Å². The van der Waals surface area contributed by atoms with Crippen LogP contribution in [0.2, 0.25) is 0 Å². The highest BCUT2D eigenvalue weighted by atomic mass is 16.5. The van der Waals surface area contributed by atoms with Gasteiger partial charge in [-0.15, -0.1) is 0 Å². The molecular weight excluding hydrogens is 278 g/mol. The number of ether oxygens (including phenoxy) is 1. The number of hydrogen-bond donors (Lipinski definition) is 2. The van der Waals surface area contributed by atoms with Gasteiger partial charge in [-0.1, -0.05) is 30.3 Å². The summed E-state index contributed by atoms with van der Waals surface area (Å²) in [5, 5.41) is 9.48. The minimum absolute atomic E-state index is 0.208. The van der Waals surface area contributed by atoms with Crippen molar-refractivity contribution in [2.24, 2.45) is 0 Å². The predicted octanol–water partition coefficient (Wildman–Crippen LogP) is 3.23. The van der Waals surface area contributed by atoms with Gasteiger partial charge in [0.25, 0.3) is 5.91 Å². The third-order valence-corrected chi connectivity index (χ3v) is 3.18. The normalized spacial score (nSPS) is 10.2. The van der Waals surface area contributed by atoms with Gasteiger partial charge in [0.15, 0.2) is 0 Å². The molecule has 22 heavy (non-hydrogen) atoms. The number of carbonyl (C=O) groups excluding carboxylic acids is 1. The maximum Gasteiger partial charge on any atom is 0.269 e. The molecule has 0 radical (unpaired) electrons. The van der Waals surface area contributed by atoms with Gasteiger partial charge in [0.2, 0.25) is 0 Å². The lowest BCUT2D eigenvalue weighted by Gasteiger charge is -2.09. The number of aromatic nitrogens is 2. The summed E-state index contributed by atoms with van der Waals surface area (Å²) >= 11 is 0. The SMILES string of the molecule is CNC(=O)c1cc(-c2ccccc2Oc2ccccc2)n[nH]1. The number of benzene rings is 2. The highest BCUT2D eigenvalue weighted by Crippen LogP contribution is 2.32. The Morgan fingerprint density at radius 2 is 1.82 bits per heavy atom. The van der Waals surface area contributed by atoms with Gasteiger partial charge >= 0.3 is 0 Å². The van der Waals surface area contributed by atoms with Crippen LogP contribution in [0.5, 0.6) is 11.5 Å². The number of para-hydroxylation sites is 2. The smallest absolute Gasteiger partial charge is 0.269 e. The molecule has 0 fully saturated rings. The number of H-pyrrole nitrogens is 1. The first-order valence-electron chi connectivity index (χ1n) is 6.87. The molecule has 2 N–H and O–H groups in total. The van der Waals surface area contributed by atoms with Gasteiger partial charge in [-0.25, -0.2) is 0 Å². The predicted molar refractivity (Wildman–Crippen MR) is 83.9 cm³/mol. The van der Waals surface area contributed by atoms with Gasteiger partial charge in [-0.3, -0.25) is 9.89 Å². The molecule has 2 aromatic carbocycles. The zero-order chi connectivity index (χ0) is 15.4. The Hall–Kier alpha value is -3.08. The van der Waals surface area contributed by atoms with E-state index in [1.54, 1.807) is 13.1 Å². The summed E-state index contributed by atoms with van der Waals surface area (Å²) < 4.78 is 5.91. The molecule has 0 aliphatic heterocycles. The molecule has 3 rings (SSSR count). The zero-order valence-electron chi connectivity index (χ0n) is 12.0. The second kappa shape index (κ2) is 6.13. The fraction of sp³-hybridized carbons (Fsp3) is 0.0588. The average molecular weight is 293 g/mol. The maximum absolute atomic E-state index is 11.6. The molecule has 0 atom stereocenters. The second-order valence-corrected chi connectivity index (χ2v) is 4.66. The van der Waals surface area contributed by atoms with Crippen LogP contribution in [0.25, 0.3) is 11.3 Å². The highest BCUT2D eigenvalue weighted by molar-refractivity contribution is 5.93. The van der Waals surface area contributed by atoms with E-state index in [1.807, 2.05) is 54.6 Å². The van der Waals surface area contributed by atoms with Crippen molar-refractivity contribution in [3.05, 3.63) is 66.4 Å². The molecule has 1 aromatic heterocycles. The number of nitrogens with zero attached hydrogens (tertiary/aromatic N) is 1. The minimum atomic E-state index is -0.208. The summed E-state index contributed by atoms with van der Waals surface area (Å²) in [5.41, 5.74) is 1.88. The average Bonchev–Trinajstić information content (AvgIpc) is 3.05. The van der Waals surface area contributed by atoms with Crippen LogP contribution in [-0.2, 0) is 0 Å². The summed E-state index contributed by atoms with van der Waals surface area (Å²) in [5.74, 6) is 1.22. The van der Waals surface area contributed by atoms with Crippen molar-refractivity contribution in [1.29, 1.82) is 0 Å². The van der Waals surface area contributed by atoms with Crippen molar-refractivity contribution in [1.82, 2.24) is 15.5 Å². The van der Waals surface area contributed by atoms with E-state index in [2.05, 4.69) is 15.5 Å². The molecule has 110 valence electrons. The maximum atomic E-state index is 11.6. The quantitative estimate of drug-likeness (QED) is 0.776. The van der Waals surface area contributed by atoms with Gasteiger partial charge in [0.05, 0.1) is 5.69 Å². The van der Waals surface area contributed by atoms with E-state index in [9.17, 15) is 4.79 Å². The molecule has 3 aromatic rings. The lowest BCUT2D eigenvalue weighted by atomic mass is 10.1. The summed E-state index contributed by atoms with van der Waals surface area (Å²) in [7, 11) is 1.58. The molecule has 0 spiro atoms. The molecule has 0 unspecified atom stereocenters. The van der Waals surface area contributed by atoms with Crippen molar-refractivity contribution < 1.29 is 9.53 Å². The van der Waals surface area contributed by atoms with Crippen LogP contribution >= 0.6 is 0 Å². The monoisotopic (exact) mass is 293 g/mol. The number of rotatable bonds is 4. The number of aromatic amines is 1. The molecule has 1 heterocycles. The van der Waals surface area contributed by atoms with Crippen LogP contribution in [0.1, 0.15) is 10.5 Å². The summed E-state index contributed by atoms with van der Waals surface area (Å²) in [4.78, 5) is 11.6. The fourth-order valence-electron chi connectivity index (χ4n) is 2.09. The standard InChI is InChI=1S/C17H15N3O2/c1-18-17(21)15-11-14(19-20-15)13-9-5-6-10-16(13)22-12-7-3-2-4-8-12/h2-11H,1H3,(H,18,21)(H,19,20). The Morgan fingerprint density at radius 1 is 1.09 bits per heavy atom. The molecule has 1 amide bonds. The van der Waals surface area contributed by atoms with E-state index in [0.717, 1.165) is 11.3 Å². The number of amides is 1. The van der Waals surface area contributed by atoms with E-state index >= 15 is 0 Å². The molecule has 0 aliphatic carbocycles. The largest absolute Gasteiger partial charge is 0.457 e. The Morgan fingerprint density at radius 3 is 2.59 bits per heavy atom. The molecule has 0 aliphatic rings. The third kappa shape index (κ3) is 2.83. The zero-order valence-corrected chi connectivity index (χ0v) is 12.0. The Kier molecular flexibility index (Phi) is 3.87. The number of hydrogen-bond acceptors (Lipinski definition) is 3. The summed E-state index contributed by atoms with van der Waals surface area (Å²) in [6.07, 6.45) is 0. The fourth-order valence-corrected chi connectivity index (χ4v) is 2.09. The van der Waals surface area contributed by atoms with Crippen molar-refractivity contribution in [3.8, 4) is 22.8 Å². The van der Waals surface area contributed by atoms with Crippen LogP contribution in [0.4, 0.5) is 0 Å². The van der Waals surface area contributed by atoms with E-state index in [4.69, 9.17) is 4.74 Å². The second-order valence-electron chi connectivity index (χ2n) is 4.66. The first-order chi connectivity index (χ1) is 10.8. The topological polar surface area (TPSA) is 67.0 Å². The van der Waals surface area contributed by atoms with E-state index in [0.29, 0.717) is 17.1 Å². The van der Waals surface area contributed by atoms with E-state index < -0.39 is 0 Å². The number of nitrogens with one attached hydrogen (secondary N) is 2. The highest BCUT2D eigenvalue weighted by Gasteiger charge is 2.13. The summed E-state index contributed by atoms with van der Waals surface area (Å²) in [6, 6.07) is 18.8. The van der Waals surface area contributed by atoms with Crippen LogP contribution in [0, 0.1) is 0 Å². The van der Waals surface area contributed by atoms with Gasteiger partial charge in [-0.2, -0.15) is 5.10 Å². The molecule has 5 heteroatoms. The third-order valence-electron chi connectivity index (χ3n) is 3.18. The van der Waals surface area contributed by atoms with Crippen LogP contribution in [0.15, 0.2) is 60.7 Å². The van der Waals surface area contributed by atoms with Gasteiger partial charge in [0.1, 0.15) is 17.2 Å². The van der Waals surface area contributed by atoms with Gasteiger partial charge in [-0.05, 0) is 30.3 Å². The van der Waals surface area contributed by atoms with Gasteiger partial charge in [0, 0.05) is 12.6 Å². The Labute approximate surface area is 127 Å². The molecule has 0 saturated heterocycles. The van der Waals surface area contributed by atoms with Crippen molar-refractivity contribution >= 4 is 5.91 Å². The van der Waals surface area contributed by atoms with Crippen molar-refractivity contribution in [2.45, 2.75) is 0 Å². The van der Waals surface area contributed by atoms with Crippen LogP contribution in [0.3, 0.4) is 0 Å². The first kappa shape index (κ1) is 13.9. The first-order valence-corrected chi connectivity index (χ1v) is 6.87. The van der Waals surface area contributed by atoms with Gasteiger partial charge < -0.3 is 10.1 Å². The molecule has 5 nitrogen and oxygen atoms in total. The van der Waals surface area contributed by atoms with Crippen LogP contribution in [-0.4, -0.2) is 23.2 Å². The van der Waals surface area contributed by atoms with E-state index in [-0.39, 0.29) is 5.91 Å². The minimum Gasteiger partial charge on any atom is -0.457 e. The lowest BCUT2D eigenvalue weighted by molar-refractivity contribution is 0.0958. The van der Waals surface area contributed by atoms with Crippen molar-refractivity contribution in [2.75, 3.05) is 7.05 Å². The molecule has 0 bridgehead atoms.